The van der Waals surface area contributed by atoms with Gasteiger partial charge >= 0.3 is 0 Å². The number of benzene rings is 1. The number of sulfonamides is 1. The molecule has 1 aromatic rings. The van der Waals surface area contributed by atoms with E-state index in [1.165, 1.54) is 9.21 Å². The summed E-state index contributed by atoms with van der Waals surface area (Å²) in [6, 6.07) is 4.72. The quantitative estimate of drug-likeness (QED) is 0.745. The minimum absolute atomic E-state index is 0.0381. The van der Waals surface area contributed by atoms with Gasteiger partial charge in [0.15, 0.2) is 0 Å². The van der Waals surface area contributed by atoms with Crippen LogP contribution in [0.15, 0.2) is 23.1 Å². The number of amides is 2. The summed E-state index contributed by atoms with van der Waals surface area (Å²) in [6.45, 7) is 5.43. The first-order chi connectivity index (χ1) is 14.8. The summed E-state index contributed by atoms with van der Waals surface area (Å²) in [6.07, 6.45) is 5.47. The third-order valence-corrected chi connectivity index (χ3v) is 8.20. The molecule has 1 atom stereocenters. The van der Waals surface area contributed by atoms with Gasteiger partial charge in [-0.15, -0.1) is 0 Å². The number of nitrogens with zero attached hydrogens (tertiary/aromatic N) is 3. The zero-order valence-electron chi connectivity index (χ0n) is 18.3. The fourth-order valence-corrected chi connectivity index (χ4v) is 6.36. The van der Waals surface area contributed by atoms with Gasteiger partial charge in [0.05, 0.1) is 16.3 Å². The van der Waals surface area contributed by atoms with E-state index in [0.29, 0.717) is 18.8 Å². The van der Waals surface area contributed by atoms with Gasteiger partial charge in [0.2, 0.25) is 21.8 Å². The first-order valence-corrected chi connectivity index (χ1v) is 12.7. The number of hydrogen-bond donors (Lipinski definition) is 1. The second-order valence-electron chi connectivity index (χ2n) is 8.97. The number of carbonyl (C=O) groups is 2. The molecular formula is C22H32N4O4S. The summed E-state index contributed by atoms with van der Waals surface area (Å²) in [4.78, 5) is 29.6. The van der Waals surface area contributed by atoms with Crippen molar-refractivity contribution in [2.75, 3.05) is 36.0 Å². The second kappa shape index (κ2) is 8.78. The molecule has 0 saturated carbocycles. The number of piperidine rings is 2. The highest BCUT2D eigenvalue weighted by Gasteiger charge is 2.41. The third-order valence-electron chi connectivity index (χ3n) is 6.31. The van der Waals surface area contributed by atoms with E-state index in [9.17, 15) is 18.0 Å². The van der Waals surface area contributed by atoms with Crippen LogP contribution in [0, 0.1) is 0 Å². The van der Waals surface area contributed by atoms with Crippen molar-refractivity contribution >= 4 is 33.2 Å². The van der Waals surface area contributed by atoms with Gasteiger partial charge in [-0.3, -0.25) is 14.5 Å². The van der Waals surface area contributed by atoms with Crippen molar-refractivity contribution in [1.29, 1.82) is 0 Å². The molecule has 3 aliphatic rings. The number of anilines is 2. The molecule has 1 aromatic carbocycles. The van der Waals surface area contributed by atoms with Crippen molar-refractivity contribution in [2.24, 2.45) is 0 Å². The Morgan fingerprint density at radius 1 is 1.06 bits per heavy atom. The largest absolute Gasteiger partial charge is 0.358 e. The first-order valence-electron chi connectivity index (χ1n) is 11.3. The van der Waals surface area contributed by atoms with Crippen LogP contribution in [-0.4, -0.2) is 62.8 Å². The molecule has 1 N–H and O–H groups in total. The molecule has 0 aromatic heterocycles. The van der Waals surface area contributed by atoms with E-state index in [1.54, 1.807) is 12.1 Å². The predicted molar refractivity (Wildman–Crippen MR) is 120 cm³/mol. The zero-order chi connectivity index (χ0) is 22.2. The van der Waals surface area contributed by atoms with Crippen LogP contribution in [0.5, 0.6) is 0 Å². The summed E-state index contributed by atoms with van der Waals surface area (Å²) in [5.74, 6) is -0.374. The zero-order valence-corrected chi connectivity index (χ0v) is 19.2. The van der Waals surface area contributed by atoms with Crippen LogP contribution in [-0.2, 0) is 19.6 Å². The molecule has 4 rings (SSSR count). The van der Waals surface area contributed by atoms with E-state index in [2.05, 4.69) is 10.2 Å². The molecule has 2 fully saturated rings. The van der Waals surface area contributed by atoms with Crippen molar-refractivity contribution < 1.29 is 18.0 Å². The van der Waals surface area contributed by atoms with Gasteiger partial charge in [-0.05, 0) is 64.2 Å². The maximum Gasteiger partial charge on any atom is 0.250 e. The van der Waals surface area contributed by atoms with Crippen LogP contribution >= 0.6 is 0 Å². The molecule has 0 unspecified atom stereocenters. The highest BCUT2D eigenvalue weighted by Crippen LogP contribution is 2.41. The van der Waals surface area contributed by atoms with E-state index < -0.39 is 10.0 Å². The summed E-state index contributed by atoms with van der Waals surface area (Å²) in [5.41, 5.74) is 1.35. The number of nitrogens with one attached hydrogen (secondary N) is 1. The topological polar surface area (TPSA) is 90.0 Å². The molecule has 0 aliphatic carbocycles. The van der Waals surface area contributed by atoms with Crippen LogP contribution in [0.2, 0.25) is 0 Å². The Balaban J connectivity index is 1.73. The standard InChI is InChI=1S/C22H32N4O4S/c1-16(2)23-21(27)15-26-20-14-17(31(29,30)24-11-5-3-6-12-24)9-10-18(20)25-13-7-4-8-19(25)22(26)28/h9-10,14,16,19H,3-8,11-13,15H2,1-2H3,(H,23,27)/t19-/m0/s1. The molecule has 0 radical (unpaired) electrons. The van der Waals surface area contributed by atoms with Crippen molar-refractivity contribution in [2.45, 2.75) is 69.4 Å². The molecule has 8 nitrogen and oxygen atoms in total. The normalized spacial score (nSPS) is 22.3. The van der Waals surface area contributed by atoms with Crippen LogP contribution in [0.25, 0.3) is 0 Å². The average Bonchev–Trinajstić information content (AvgIpc) is 2.76. The Morgan fingerprint density at radius 2 is 1.77 bits per heavy atom. The second-order valence-corrected chi connectivity index (χ2v) is 10.9. The number of hydrogen-bond acceptors (Lipinski definition) is 5. The van der Waals surface area contributed by atoms with Crippen molar-refractivity contribution in [1.82, 2.24) is 9.62 Å². The van der Waals surface area contributed by atoms with Crippen LogP contribution in [0.4, 0.5) is 11.4 Å². The third kappa shape index (κ3) is 4.30. The lowest BCUT2D eigenvalue weighted by Gasteiger charge is -2.45. The van der Waals surface area contributed by atoms with Gasteiger partial charge < -0.3 is 10.2 Å². The number of fused-ring (bicyclic) bond motifs is 3. The van der Waals surface area contributed by atoms with E-state index in [0.717, 1.165) is 50.8 Å². The van der Waals surface area contributed by atoms with E-state index in [-0.39, 0.29) is 35.3 Å². The molecular weight excluding hydrogens is 416 g/mol. The molecule has 170 valence electrons. The molecule has 0 bridgehead atoms. The van der Waals surface area contributed by atoms with E-state index in [1.807, 2.05) is 19.9 Å². The van der Waals surface area contributed by atoms with Crippen molar-refractivity contribution in [3.05, 3.63) is 18.2 Å². The lowest BCUT2D eigenvalue weighted by atomic mass is 9.96. The van der Waals surface area contributed by atoms with E-state index in [4.69, 9.17) is 0 Å². The van der Waals surface area contributed by atoms with Crippen LogP contribution in [0.1, 0.15) is 52.4 Å². The van der Waals surface area contributed by atoms with Gasteiger partial charge in [-0.25, -0.2) is 8.42 Å². The smallest absolute Gasteiger partial charge is 0.250 e. The molecule has 2 amide bonds. The molecule has 9 heteroatoms. The fraction of sp³-hybridized carbons (Fsp3) is 0.636. The van der Waals surface area contributed by atoms with Crippen LogP contribution < -0.4 is 15.1 Å². The maximum atomic E-state index is 13.4. The minimum atomic E-state index is -3.64. The maximum absolute atomic E-state index is 13.4. The summed E-state index contributed by atoms with van der Waals surface area (Å²) in [7, 11) is -3.64. The summed E-state index contributed by atoms with van der Waals surface area (Å²) >= 11 is 0. The summed E-state index contributed by atoms with van der Waals surface area (Å²) < 4.78 is 28.0. The molecule has 0 spiro atoms. The van der Waals surface area contributed by atoms with Crippen molar-refractivity contribution in [3.63, 3.8) is 0 Å². The Labute approximate surface area is 184 Å². The monoisotopic (exact) mass is 448 g/mol. The highest BCUT2D eigenvalue weighted by atomic mass is 32.2. The molecule has 3 aliphatic heterocycles. The van der Waals surface area contributed by atoms with Gasteiger partial charge in [0.25, 0.3) is 0 Å². The number of carbonyl (C=O) groups excluding carboxylic acids is 2. The first kappa shape index (κ1) is 22.1. The van der Waals surface area contributed by atoms with Gasteiger partial charge in [0.1, 0.15) is 12.6 Å². The minimum Gasteiger partial charge on any atom is -0.358 e. The lowest BCUT2D eigenvalue weighted by molar-refractivity contribution is -0.125. The van der Waals surface area contributed by atoms with Gasteiger partial charge in [-0.1, -0.05) is 6.42 Å². The molecule has 3 heterocycles. The predicted octanol–water partition coefficient (Wildman–Crippen LogP) is 2.09. The average molecular weight is 449 g/mol. The SMILES string of the molecule is CC(C)NC(=O)CN1C(=O)[C@@H]2CCCCN2c2ccc(S(=O)(=O)N3CCCCC3)cc21. The Kier molecular flexibility index (Phi) is 6.25. The lowest BCUT2D eigenvalue weighted by Crippen LogP contribution is -2.57. The molecule has 2 saturated heterocycles. The number of rotatable bonds is 5. The Morgan fingerprint density at radius 3 is 2.48 bits per heavy atom. The van der Waals surface area contributed by atoms with E-state index >= 15 is 0 Å². The van der Waals surface area contributed by atoms with Gasteiger partial charge in [0, 0.05) is 25.7 Å². The summed E-state index contributed by atoms with van der Waals surface area (Å²) in [5, 5.41) is 2.84. The van der Waals surface area contributed by atoms with Crippen molar-refractivity contribution in [3.8, 4) is 0 Å². The Bertz CT molecular complexity index is 956. The fourth-order valence-electron chi connectivity index (χ4n) is 4.83. The molecule has 31 heavy (non-hydrogen) atoms. The van der Waals surface area contributed by atoms with Gasteiger partial charge in [-0.2, -0.15) is 4.31 Å². The Hall–Kier alpha value is -2.13. The highest BCUT2D eigenvalue weighted by molar-refractivity contribution is 7.89. The van der Waals surface area contributed by atoms with Crippen LogP contribution in [0.3, 0.4) is 0 Å².